The van der Waals surface area contributed by atoms with Gasteiger partial charge in [-0.25, -0.2) is 4.98 Å². The van der Waals surface area contributed by atoms with E-state index in [4.69, 9.17) is 9.47 Å². The molecule has 1 N–H and O–H groups in total. The second kappa shape index (κ2) is 6.33. The molecule has 6 heteroatoms. The lowest BCUT2D eigenvalue weighted by atomic mass is 10.2. The number of aryl methyl sites for hydroxylation is 2. The lowest BCUT2D eigenvalue weighted by Crippen LogP contribution is -2.34. The first kappa shape index (κ1) is 16.4. The van der Waals surface area contributed by atoms with E-state index in [0.29, 0.717) is 16.3 Å². The van der Waals surface area contributed by atoms with E-state index < -0.39 is 5.79 Å². The third kappa shape index (κ3) is 3.11. The molecular formula is C19H22N2O3S. The summed E-state index contributed by atoms with van der Waals surface area (Å²) in [5.41, 5.74) is 1.50. The quantitative estimate of drug-likeness (QED) is 0.861. The minimum absolute atomic E-state index is 0.119. The molecule has 4 rings (SSSR count). The number of carbonyl (C=O) groups is 1. The van der Waals surface area contributed by atoms with Crippen LogP contribution in [0.4, 0.5) is 5.69 Å². The van der Waals surface area contributed by atoms with Gasteiger partial charge in [0.1, 0.15) is 4.88 Å². The van der Waals surface area contributed by atoms with Crippen molar-refractivity contribution < 1.29 is 14.3 Å². The summed E-state index contributed by atoms with van der Waals surface area (Å²) in [6.45, 7) is 3.99. The monoisotopic (exact) mass is 358 g/mol. The summed E-state index contributed by atoms with van der Waals surface area (Å²) in [5, 5.41) is 3.97. The molecule has 1 saturated carbocycles. The Morgan fingerprint density at radius 3 is 2.80 bits per heavy atom. The smallest absolute Gasteiger partial charge is 0.267 e. The standard InChI is InChI=1S/C19H22N2O3S/c1-3-6-16-20-12(2)17(25-16)18(22)21-13-7-8-14-15(11-13)24-19(23-14)9-4-5-10-19/h7-8,11H,3-6,9-10H2,1-2H3,(H,21,22). The Balaban J connectivity index is 1.50. The van der Waals surface area contributed by atoms with Crippen molar-refractivity contribution in [2.75, 3.05) is 5.32 Å². The Morgan fingerprint density at radius 1 is 1.28 bits per heavy atom. The van der Waals surface area contributed by atoms with Gasteiger partial charge < -0.3 is 14.8 Å². The Morgan fingerprint density at radius 2 is 2.04 bits per heavy atom. The molecule has 0 saturated heterocycles. The molecule has 0 unspecified atom stereocenters. The zero-order valence-corrected chi connectivity index (χ0v) is 15.4. The number of anilines is 1. The maximum atomic E-state index is 12.6. The molecule has 0 bridgehead atoms. The lowest BCUT2D eigenvalue weighted by molar-refractivity contribution is -0.0716. The number of nitrogens with one attached hydrogen (secondary N) is 1. The largest absolute Gasteiger partial charge is 0.448 e. The van der Waals surface area contributed by atoms with Crippen molar-refractivity contribution in [3.63, 3.8) is 0 Å². The van der Waals surface area contributed by atoms with Crippen molar-refractivity contribution in [2.45, 2.75) is 58.2 Å². The van der Waals surface area contributed by atoms with E-state index in [1.54, 1.807) is 0 Å². The predicted molar refractivity (Wildman–Crippen MR) is 97.7 cm³/mol. The molecule has 1 aromatic carbocycles. The molecule has 1 aliphatic carbocycles. The van der Waals surface area contributed by atoms with Crippen LogP contribution in [0.25, 0.3) is 0 Å². The molecule has 2 aromatic rings. The fourth-order valence-electron chi connectivity index (χ4n) is 3.46. The molecule has 25 heavy (non-hydrogen) atoms. The van der Waals surface area contributed by atoms with Crippen molar-refractivity contribution >= 4 is 22.9 Å². The van der Waals surface area contributed by atoms with Gasteiger partial charge in [-0.05, 0) is 44.7 Å². The summed E-state index contributed by atoms with van der Waals surface area (Å²) in [6.07, 6.45) is 6.03. The highest BCUT2D eigenvalue weighted by Crippen LogP contribution is 2.47. The van der Waals surface area contributed by atoms with Gasteiger partial charge in [0, 0.05) is 24.6 Å². The fourth-order valence-corrected chi connectivity index (χ4v) is 4.52. The van der Waals surface area contributed by atoms with Crippen LogP contribution in [-0.2, 0) is 6.42 Å². The summed E-state index contributed by atoms with van der Waals surface area (Å²) in [7, 11) is 0. The van der Waals surface area contributed by atoms with Crippen LogP contribution in [0, 0.1) is 6.92 Å². The van der Waals surface area contributed by atoms with E-state index in [-0.39, 0.29) is 5.91 Å². The van der Waals surface area contributed by atoms with Crippen LogP contribution < -0.4 is 14.8 Å². The molecule has 2 heterocycles. The summed E-state index contributed by atoms with van der Waals surface area (Å²) in [4.78, 5) is 17.7. The van der Waals surface area contributed by atoms with Crippen LogP contribution in [0.3, 0.4) is 0 Å². The van der Waals surface area contributed by atoms with E-state index in [1.807, 2.05) is 25.1 Å². The summed E-state index contributed by atoms with van der Waals surface area (Å²) < 4.78 is 12.1. The maximum absolute atomic E-state index is 12.6. The molecule has 1 fully saturated rings. The second-order valence-corrected chi connectivity index (χ2v) is 7.79. The highest BCUT2D eigenvalue weighted by Gasteiger charge is 2.44. The van der Waals surface area contributed by atoms with E-state index in [2.05, 4.69) is 17.2 Å². The number of thiazole rings is 1. The fraction of sp³-hybridized carbons (Fsp3) is 0.474. The number of carbonyl (C=O) groups excluding carboxylic acids is 1. The van der Waals surface area contributed by atoms with Crippen LogP contribution in [-0.4, -0.2) is 16.7 Å². The minimum Gasteiger partial charge on any atom is -0.448 e. The lowest BCUT2D eigenvalue weighted by Gasteiger charge is -2.21. The highest BCUT2D eigenvalue weighted by atomic mass is 32.1. The molecule has 1 aliphatic heterocycles. The second-order valence-electron chi connectivity index (χ2n) is 6.71. The van der Waals surface area contributed by atoms with Crippen molar-refractivity contribution in [1.82, 2.24) is 4.98 Å². The maximum Gasteiger partial charge on any atom is 0.267 e. The summed E-state index contributed by atoms with van der Waals surface area (Å²) in [5.74, 6) is 0.882. The van der Waals surface area contributed by atoms with E-state index >= 15 is 0 Å². The molecule has 132 valence electrons. The predicted octanol–water partition coefficient (Wildman–Crippen LogP) is 4.70. The molecule has 0 radical (unpaired) electrons. The van der Waals surface area contributed by atoms with Crippen molar-refractivity contribution in [3.8, 4) is 11.5 Å². The first-order valence-corrected chi connectivity index (χ1v) is 9.70. The van der Waals surface area contributed by atoms with Crippen LogP contribution >= 0.6 is 11.3 Å². The van der Waals surface area contributed by atoms with Gasteiger partial charge in [-0.3, -0.25) is 4.79 Å². The third-order valence-corrected chi connectivity index (χ3v) is 5.89. The number of amides is 1. The first-order chi connectivity index (χ1) is 12.1. The van der Waals surface area contributed by atoms with E-state index in [0.717, 1.165) is 55.0 Å². The summed E-state index contributed by atoms with van der Waals surface area (Å²) in [6, 6.07) is 5.58. The van der Waals surface area contributed by atoms with E-state index in [1.165, 1.54) is 11.3 Å². The number of fused-ring (bicyclic) bond motifs is 1. The van der Waals surface area contributed by atoms with Crippen LogP contribution in [0.5, 0.6) is 11.5 Å². The Kier molecular flexibility index (Phi) is 4.15. The number of ether oxygens (including phenoxy) is 2. The first-order valence-electron chi connectivity index (χ1n) is 8.88. The molecular weight excluding hydrogens is 336 g/mol. The Hall–Kier alpha value is -2.08. The average molecular weight is 358 g/mol. The normalized spacial score (nSPS) is 17.2. The van der Waals surface area contributed by atoms with Gasteiger partial charge in [-0.2, -0.15) is 0 Å². The van der Waals surface area contributed by atoms with Crippen molar-refractivity contribution in [3.05, 3.63) is 33.8 Å². The topological polar surface area (TPSA) is 60.5 Å². The Bertz CT molecular complexity index is 809. The third-order valence-electron chi connectivity index (χ3n) is 4.67. The molecule has 1 spiro atoms. The van der Waals surface area contributed by atoms with Gasteiger partial charge in [0.2, 0.25) is 0 Å². The van der Waals surface area contributed by atoms with Crippen molar-refractivity contribution in [1.29, 1.82) is 0 Å². The number of benzene rings is 1. The van der Waals surface area contributed by atoms with Gasteiger partial charge >= 0.3 is 0 Å². The molecule has 5 nitrogen and oxygen atoms in total. The van der Waals surface area contributed by atoms with Crippen molar-refractivity contribution in [2.24, 2.45) is 0 Å². The number of aromatic nitrogens is 1. The average Bonchev–Trinajstić information content (AvgIpc) is 3.27. The van der Waals surface area contributed by atoms with Gasteiger partial charge in [-0.1, -0.05) is 6.92 Å². The van der Waals surface area contributed by atoms with Crippen LogP contribution in [0.1, 0.15) is 59.4 Å². The molecule has 1 amide bonds. The number of rotatable bonds is 4. The zero-order chi connectivity index (χ0) is 17.4. The van der Waals surface area contributed by atoms with Crippen LogP contribution in [0.15, 0.2) is 18.2 Å². The molecule has 1 aromatic heterocycles. The zero-order valence-electron chi connectivity index (χ0n) is 14.6. The van der Waals surface area contributed by atoms with Gasteiger partial charge in [0.25, 0.3) is 11.7 Å². The number of nitrogens with zero attached hydrogens (tertiary/aromatic N) is 1. The SMILES string of the molecule is CCCc1nc(C)c(C(=O)Nc2ccc3c(c2)OC2(CCCC2)O3)s1. The van der Waals surface area contributed by atoms with Crippen LogP contribution in [0.2, 0.25) is 0 Å². The van der Waals surface area contributed by atoms with Gasteiger partial charge in [0.05, 0.1) is 10.7 Å². The minimum atomic E-state index is -0.478. The van der Waals surface area contributed by atoms with E-state index in [9.17, 15) is 4.79 Å². The number of hydrogen-bond acceptors (Lipinski definition) is 5. The number of hydrogen-bond donors (Lipinski definition) is 1. The van der Waals surface area contributed by atoms with Gasteiger partial charge in [0.15, 0.2) is 11.5 Å². The molecule has 2 aliphatic rings. The summed E-state index contributed by atoms with van der Waals surface area (Å²) >= 11 is 1.47. The highest BCUT2D eigenvalue weighted by molar-refractivity contribution is 7.13. The van der Waals surface area contributed by atoms with Gasteiger partial charge in [-0.15, -0.1) is 11.3 Å². The Labute approximate surface area is 151 Å². The molecule has 0 atom stereocenters.